The number of pyridine rings is 1. The van der Waals surface area contributed by atoms with Crippen molar-refractivity contribution in [3.63, 3.8) is 0 Å². The number of hydrogen-bond donors (Lipinski definition) is 1. The molecule has 1 heterocycles. The minimum atomic E-state index is -3.64. The molecule has 0 aliphatic heterocycles. The molecular weight excluding hydrogens is 320 g/mol. The van der Waals surface area contributed by atoms with E-state index in [9.17, 15) is 8.42 Å². The van der Waals surface area contributed by atoms with Gasteiger partial charge in [-0.25, -0.2) is 13.4 Å². The summed E-state index contributed by atoms with van der Waals surface area (Å²) in [4.78, 5) is 4.38. The van der Waals surface area contributed by atoms with E-state index in [0.29, 0.717) is 16.4 Å². The predicted octanol–water partition coefficient (Wildman–Crippen LogP) is 4.00. The van der Waals surface area contributed by atoms with Crippen molar-refractivity contribution >= 4 is 38.2 Å². The van der Waals surface area contributed by atoms with Gasteiger partial charge in [-0.2, -0.15) is 0 Å². The van der Waals surface area contributed by atoms with E-state index in [1.807, 2.05) is 13.0 Å². The Morgan fingerprint density at radius 1 is 1.05 bits per heavy atom. The van der Waals surface area contributed by atoms with Crippen LogP contribution in [0.15, 0.2) is 59.5 Å². The minimum Gasteiger partial charge on any atom is -0.280 e. The first-order chi connectivity index (χ1) is 10.5. The van der Waals surface area contributed by atoms with E-state index in [1.165, 1.54) is 6.07 Å². The second-order valence-electron chi connectivity index (χ2n) is 4.91. The fourth-order valence-electron chi connectivity index (χ4n) is 2.22. The molecule has 0 aliphatic rings. The van der Waals surface area contributed by atoms with Crippen LogP contribution in [0.1, 0.15) is 5.56 Å². The molecule has 1 N–H and O–H groups in total. The topological polar surface area (TPSA) is 59.1 Å². The number of para-hydroxylation sites is 1. The number of rotatable bonds is 3. The Bertz CT molecular complexity index is 941. The van der Waals surface area contributed by atoms with Crippen LogP contribution in [0.4, 0.5) is 5.69 Å². The van der Waals surface area contributed by atoms with Crippen molar-refractivity contribution in [2.75, 3.05) is 4.72 Å². The maximum Gasteiger partial charge on any atom is 0.261 e. The first-order valence-corrected chi connectivity index (χ1v) is 8.46. The first-order valence-electron chi connectivity index (χ1n) is 6.60. The molecule has 4 nitrogen and oxygen atoms in total. The summed E-state index contributed by atoms with van der Waals surface area (Å²) in [5, 5.41) is 1.16. The zero-order valence-electron chi connectivity index (χ0n) is 11.7. The summed E-state index contributed by atoms with van der Waals surface area (Å²) in [6.07, 6.45) is 0. The molecule has 0 aliphatic carbocycles. The molecule has 0 spiro atoms. The fraction of sp³-hybridized carbons (Fsp3) is 0.0625. The second kappa shape index (κ2) is 5.59. The number of aromatic nitrogens is 1. The van der Waals surface area contributed by atoms with Crippen LogP contribution in [0, 0.1) is 6.92 Å². The van der Waals surface area contributed by atoms with Crippen molar-refractivity contribution in [3.05, 3.63) is 65.3 Å². The van der Waals surface area contributed by atoms with E-state index in [4.69, 9.17) is 11.6 Å². The van der Waals surface area contributed by atoms with Crippen molar-refractivity contribution in [1.29, 1.82) is 0 Å². The van der Waals surface area contributed by atoms with Gasteiger partial charge in [-0.05, 0) is 48.9 Å². The lowest BCUT2D eigenvalue weighted by atomic mass is 10.1. The molecule has 22 heavy (non-hydrogen) atoms. The molecule has 112 valence electrons. The third kappa shape index (κ3) is 2.91. The van der Waals surface area contributed by atoms with Crippen molar-refractivity contribution in [3.8, 4) is 0 Å². The van der Waals surface area contributed by atoms with Crippen LogP contribution in [0.2, 0.25) is 5.15 Å². The summed E-state index contributed by atoms with van der Waals surface area (Å²) >= 11 is 5.92. The van der Waals surface area contributed by atoms with Crippen molar-refractivity contribution in [2.45, 2.75) is 11.8 Å². The highest BCUT2D eigenvalue weighted by molar-refractivity contribution is 7.92. The summed E-state index contributed by atoms with van der Waals surface area (Å²) in [5.41, 5.74) is 2.07. The van der Waals surface area contributed by atoms with Gasteiger partial charge in [-0.15, -0.1) is 0 Å². The maximum atomic E-state index is 12.5. The molecule has 0 saturated heterocycles. The van der Waals surface area contributed by atoms with E-state index in [0.717, 1.165) is 10.9 Å². The van der Waals surface area contributed by atoms with Crippen LogP contribution in [-0.4, -0.2) is 13.4 Å². The van der Waals surface area contributed by atoms with Crippen LogP contribution in [0.3, 0.4) is 0 Å². The number of anilines is 1. The molecule has 0 unspecified atom stereocenters. The molecule has 0 radical (unpaired) electrons. The van der Waals surface area contributed by atoms with Crippen molar-refractivity contribution < 1.29 is 8.42 Å². The lowest BCUT2D eigenvalue weighted by molar-refractivity contribution is 0.601. The third-order valence-corrected chi connectivity index (χ3v) is 4.86. The Morgan fingerprint density at radius 3 is 2.50 bits per heavy atom. The molecule has 3 rings (SSSR count). The number of hydrogen-bond acceptors (Lipinski definition) is 3. The largest absolute Gasteiger partial charge is 0.280 e. The lowest BCUT2D eigenvalue weighted by Crippen LogP contribution is -2.12. The Morgan fingerprint density at radius 2 is 1.77 bits per heavy atom. The number of nitrogens with one attached hydrogen (secondary N) is 1. The molecule has 2 aromatic carbocycles. The summed E-state index contributed by atoms with van der Waals surface area (Å²) in [6.45, 7) is 1.87. The Kier molecular flexibility index (Phi) is 3.76. The van der Waals surface area contributed by atoms with E-state index < -0.39 is 10.0 Å². The monoisotopic (exact) mass is 332 g/mol. The zero-order valence-corrected chi connectivity index (χ0v) is 13.3. The van der Waals surface area contributed by atoms with Gasteiger partial charge in [0.25, 0.3) is 10.0 Å². The van der Waals surface area contributed by atoms with Gasteiger partial charge in [0, 0.05) is 11.1 Å². The van der Waals surface area contributed by atoms with Gasteiger partial charge in [0.05, 0.1) is 10.4 Å². The van der Waals surface area contributed by atoms with E-state index >= 15 is 0 Å². The Hall–Kier alpha value is -2.11. The minimum absolute atomic E-state index is 0.191. The molecule has 0 saturated carbocycles. The molecule has 1 aromatic heterocycles. The van der Waals surface area contributed by atoms with Crippen LogP contribution in [0.5, 0.6) is 0 Å². The highest BCUT2D eigenvalue weighted by atomic mass is 35.5. The fourth-order valence-corrected chi connectivity index (χ4v) is 3.56. The highest BCUT2D eigenvalue weighted by Crippen LogP contribution is 2.24. The molecule has 0 atom stereocenters. The quantitative estimate of drug-likeness (QED) is 0.737. The normalized spacial score (nSPS) is 11.5. The summed E-state index contributed by atoms with van der Waals surface area (Å²) in [7, 11) is -3.64. The maximum absolute atomic E-state index is 12.5. The molecule has 3 aromatic rings. The van der Waals surface area contributed by atoms with E-state index in [2.05, 4.69) is 9.71 Å². The molecular formula is C16H13ClN2O2S. The predicted molar refractivity (Wildman–Crippen MR) is 88.7 cm³/mol. The lowest BCUT2D eigenvalue weighted by Gasteiger charge is -2.09. The van der Waals surface area contributed by atoms with Gasteiger partial charge in [0.1, 0.15) is 5.15 Å². The SMILES string of the molecule is Cc1cc(Cl)nc2ccc(S(=O)(=O)Nc3ccccc3)cc12. The van der Waals surface area contributed by atoms with Crippen LogP contribution in [-0.2, 0) is 10.0 Å². The molecule has 0 bridgehead atoms. The van der Waals surface area contributed by atoms with Gasteiger partial charge in [0.15, 0.2) is 0 Å². The molecule has 0 amide bonds. The van der Waals surface area contributed by atoms with Crippen LogP contribution < -0.4 is 4.72 Å². The number of halogens is 1. The van der Waals surface area contributed by atoms with Gasteiger partial charge in [0.2, 0.25) is 0 Å². The van der Waals surface area contributed by atoms with Crippen molar-refractivity contribution in [2.24, 2.45) is 0 Å². The van der Waals surface area contributed by atoms with Crippen molar-refractivity contribution in [1.82, 2.24) is 4.98 Å². The van der Waals surface area contributed by atoms with Gasteiger partial charge >= 0.3 is 0 Å². The molecule has 0 fully saturated rings. The van der Waals surface area contributed by atoms with Gasteiger partial charge in [-0.1, -0.05) is 29.8 Å². The first kappa shape index (κ1) is 14.8. The third-order valence-electron chi connectivity index (χ3n) is 3.29. The molecule has 6 heteroatoms. The average Bonchev–Trinajstić information content (AvgIpc) is 2.47. The summed E-state index contributed by atoms with van der Waals surface area (Å²) < 4.78 is 27.5. The zero-order chi connectivity index (χ0) is 15.7. The van der Waals surface area contributed by atoms with E-state index in [-0.39, 0.29) is 4.90 Å². The van der Waals surface area contributed by atoms with Crippen LogP contribution >= 0.6 is 11.6 Å². The van der Waals surface area contributed by atoms with Gasteiger partial charge in [-0.3, -0.25) is 4.72 Å². The number of fused-ring (bicyclic) bond motifs is 1. The van der Waals surface area contributed by atoms with E-state index in [1.54, 1.807) is 42.5 Å². The number of sulfonamides is 1. The Labute approximate surface area is 133 Å². The Balaban J connectivity index is 2.06. The second-order valence-corrected chi connectivity index (χ2v) is 6.98. The number of nitrogens with zero attached hydrogens (tertiary/aromatic N) is 1. The highest BCUT2D eigenvalue weighted by Gasteiger charge is 2.15. The number of aryl methyl sites for hydroxylation is 1. The standard InChI is InChI=1S/C16H13ClN2O2S/c1-11-9-16(17)18-15-8-7-13(10-14(11)15)22(20,21)19-12-5-3-2-4-6-12/h2-10,19H,1H3. The summed E-state index contributed by atoms with van der Waals surface area (Å²) in [5.74, 6) is 0. The number of benzene rings is 2. The van der Waals surface area contributed by atoms with Crippen LogP contribution in [0.25, 0.3) is 10.9 Å². The van der Waals surface area contributed by atoms with Gasteiger partial charge < -0.3 is 0 Å². The smallest absolute Gasteiger partial charge is 0.261 e. The summed E-state index contributed by atoms with van der Waals surface area (Å²) in [6, 6.07) is 15.3. The average molecular weight is 333 g/mol.